The first-order valence-corrected chi connectivity index (χ1v) is 28.8. The average Bonchev–Trinajstić information content (AvgIpc) is 2.95. The molecule has 1 rings (SSSR count). The molecule has 264 valence electrons. The summed E-state index contributed by atoms with van der Waals surface area (Å²) in [7, 11) is -10.1. The lowest BCUT2D eigenvalue weighted by atomic mass is 10.3. The van der Waals surface area contributed by atoms with Crippen molar-refractivity contribution in [1.29, 1.82) is 0 Å². The van der Waals surface area contributed by atoms with Gasteiger partial charge in [-0.15, -0.1) is 0 Å². The first-order chi connectivity index (χ1) is 21.1. The van der Waals surface area contributed by atoms with Crippen LogP contribution in [0.5, 0.6) is 0 Å². The summed E-state index contributed by atoms with van der Waals surface area (Å²) in [5.74, 6) is 0. The van der Waals surface area contributed by atoms with Gasteiger partial charge in [0.15, 0.2) is 0 Å². The predicted octanol–water partition coefficient (Wildman–Crippen LogP) is 7.47. The Balaban J connectivity index is 3.12. The van der Waals surface area contributed by atoms with E-state index in [-0.39, 0.29) is 0 Å². The number of hydrogen-bond donors (Lipinski definition) is 4. The molecular formula is C32H76N4O4Si4. The van der Waals surface area contributed by atoms with Crippen LogP contribution in [0.4, 0.5) is 0 Å². The highest BCUT2D eigenvalue weighted by atomic mass is 28.5. The van der Waals surface area contributed by atoms with Gasteiger partial charge in [-0.25, -0.2) is 0 Å². The van der Waals surface area contributed by atoms with Crippen molar-refractivity contribution in [3.05, 3.63) is 0 Å². The molecule has 1 saturated heterocycles. The van der Waals surface area contributed by atoms with Gasteiger partial charge in [0.2, 0.25) is 0 Å². The fraction of sp³-hybridized carbons (Fsp3) is 1.00. The van der Waals surface area contributed by atoms with Crippen molar-refractivity contribution in [2.45, 2.75) is 155 Å². The van der Waals surface area contributed by atoms with E-state index < -0.39 is 34.2 Å². The summed E-state index contributed by atoms with van der Waals surface area (Å²) in [6, 6.07) is 3.97. The van der Waals surface area contributed by atoms with Crippen molar-refractivity contribution in [1.82, 2.24) is 21.3 Å². The maximum absolute atomic E-state index is 7.37. The Morgan fingerprint density at radius 2 is 0.500 bits per heavy atom. The molecule has 0 saturated carbocycles. The smallest absolute Gasteiger partial charge is 0.317 e. The fourth-order valence-electron chi connectivity index (χ4n) is 6.16. The highest BCUT2D eigenvalue weighted by molar-refractivity contribution is 6.93. The SMILES string of the molecule is CCCCNCCC[Si]1(C)O[Si](C)(CCCNCCCC)O[Si](C)(CCCNCCCC)O[Si](C)(CCCNCCCC)O1. The lowest BCUT2D eigenvalue weighted by Gasteiger charge is -2.50. The molecule has 0 unspecified atom stereocenters. The maximum atomic E-state index is 7.37. The summed E-state index contributed by atoms with van der Waals surface area (Å²) < 4.78 is 29.5. The van der Waals surface area contributed by atoms with Crippen molar-refractivity contribution in [2.24, 2.45) is 0 Å². The Bertz CT molecular complexity index is 579. The van der Waals surface area contributed by atoms with Crippen LogP contribution in [0.3, 0.4) is 0 Å². The molecule has 0 radical (unpaired) electrons. The van der Waals surface area contributed by atoms with E-state index in [0.717, 1.165) is 102 Å². The molecule has 1 fully saturated rings. The molecular weight excluding hydrogens is 617 g/mol. The predicted molar refractivity (Wildman–Crippen MR) is 200 cm³/mol. The molecule has 1 heterocycles. The molecule has 1 aliphatic rings. The van der Waals surface area contributed by atoms with E-state index in [9.17, 15) is 0 Å². The molecule has 8 nitrogen and oxygen atoms in total. The monoisotopic (exact) mass is 692 g/mol. The lowest BCUT2D eigenvalue weighted by molar-refractivity contribution is 0.220. The van der Waals surface area contributed by atoms with E-state index >= 15 is 0 Å². The van der Waals surface area contributed by atoms with E-state index in [1.165, 1.54) is 51.4 Å². The highest BCUT2D eigenvalue weighted by Crippen LogP contribution is 2.38. The van der Waals surface area contributed by atoms with Gasteiger partial charge in [0, 0.05) is 0 Å². The van der Waals surface area contributed by atoms with E-state index in [1.807, 2.05) is 0 Å². The van der Waals surface area contributed by atoms with Crippen molar-refractivity contribution in [3.63, 3.8) is 0 Å². The minimum atomic E-state index is -2.53. The third kappa shape index (κ3) is 20.0. The van der Waals surface area contributed by atoms with Crippen molar-refractivity contribution in [3.8, 4) is 0 Å². The van der Waals surface area contributed by atoms with Crippen molar-refractivity contribution < 1.29 is 16.5 Å². The normalized spacial score (nSPS) is 27.8. The molecule has 0 atom stereocenters. The number of hydrogen-bond acceptors (Lipinski definition) is 8. The van der Waals surface area contributed by atoms with Gasteiger partial charge in [-0.2, -0.15) is 0 Å². The molecule has 44 heavy (non-hydrogen) atoms. The Morgan fingerprint density at radius 1 is 0.318 bits per heavy atom. The molecule has 0 spiro atoms. The third-order valence-electron chi connectivity index (χ3n) is 8.49. The van der Waals surface area contributed by atoms with Gasteiger partial charge in [-0.3, -0.25) is 0 Å². The van der Waals surface area contributed by atoms with E-state index in [0.29, 0.717) is 0 Å². The molecule has 0 aromatic rings. The van der Waals surface area contributed by atoms with Gasteiger partial charge in [0.1, 0.15) is 0 Å². The van der Waals surface area contributed by atoms with Crippen molar-refractivity contribution >= 4 is 34.2 Å². The molecule has 0 amide bonds. The Labute approximate surface area is 278 Å². The van der Waals surface area contributed by atoms with Gasteiger partial charge in [0.05, 0.1) is 0 Å². The summed E-state index contributed by atoms with van der Waals surface area (Å²) in [4.78, 5) is 0. The summed E-state index contributed by atoms with van der Waals surface area (Å²) in [5, 5.41) is 14.6. The zero-order chi connectivity index (χ0) is 32.6. The molecule has 0 aromatic heterocycles. The molecule has 0 bridgehead atoms. The molecule has 0 aromatic carbocycles. The fourth-order valence-corrected chi connectivity index (χ4v) is 29.5. The van der Waals surface area contributed by atoms with Crippen LogP contribution in [-0.4, -0.2) is 86.6 Å². The van der Waals surface area contributed by atoms with Crippen LogP contribution in [0.2, 0.25) is 50.4 Å². The second kappa shape index (κ2) is 24.7. The van der Waals surface area contributed by atoms with Crippen LogP contribution in [0.25, 0.3) is 0 Å². The average molecular weight is 693 g/mol. The summed E-state index contributed by atoms with van der Waals surface area (Å²) in [5.41, 5.74) is 0. The van der Waals surface area contributed by atoms with Gasteiger partial charge < -0.3 is 37.7 Å². The van der Waals surface area contributed by atoms with E-state index in [4.69, 9.17) is 16.5 Å². The van der Waals surface area contributed by atoms with Gasteiger partial charge >= 0.3 is 34.2 Å². The topological polar surface area (TPSA) is 85.0 Å². The van der Waals surface area contributed by atoms with Crippen LogP contribution in [-0.2, 0) is 16.5 Å². The first kappa shape index (κ1) is 42.6. The second-order valence-electron chi connectivity index (χ2n) is 13.8. The quantitative estimate of drug-likeness (QED) is 0.0497. The number of nitrogens with one attached hydrogen (secondary N) is 4. The van der Waals surface area contributed by atoms with Crippen LogP contribution >= 0.6 is 0 Å². The zero-order valence-electron chi connectivity index (χ0n) is 30.6. The molecule has 1 aliphatic heterocycles. The minimum Gasteiger partial charge on any atom is -0.416 e. The summed E-state index contributed by atoms with van der Waals surface area (Å²) >= 11 is 0. The Hall–Kier alpha value is 0.548. The lowest BCUT2D eigenvalue weighted by Crippen LogP contribution is -2.67. The number of rotatable bonds is 28. The molecule has 0 aliphatic carbocycles. The van der Waals surface area contributed by atoms with Gasteiger partial charge in [-0.1, -0.05) is 53.4 Å². The Morgan fingerprint density at radius 3 is 0.682 bits per heavy atom. The summed E-state index contributed by atoms with van der Waals surface area (Å²) in [6.45, 7) is 26.8. The van der Waals surface area contributed by atoms with Crippen molar-refractivity contribution in [2.75, 3.05) is 52.4 Å². The Kier molecular flexibility index (Phi) is 23.9. The minimum absolute atomic E-state index is 0.993. The third-order valence-corrected chi connectivity index (χ3v) is 27.4. The van der Waals surface area contributed by atoms with E-state index in [2.05, 4.69) is 75.2 Å². The van der Waals surface area contributed by atoms with Crippen LogP contribution in [0.1, 0.15) is 105 Å². The maximum Gasteiger partial charge on any atom is 0.317 e. The summed E-state index contributed by atoms with van der Waals surface area (Å²) in [6.07, 6.45) is 14.2. The molecule has 12 heteroatoms. The number of unbranched alkanes of at least 4 members (excludes halogenated alkanes) is 4. The van der Waals surface area contributed by atoms with Crippen LogP contribution in [0, 0.1) is 0 Å². The largest absolute Gasteiger partial charge is 0.416 e. The van der Waals surface area contributed by atoms with E-state index in [1.54, 1.807) is 0 Å². The second-order valence-corrected chi connectivity index (χ2v) is 28.1. The zero-order valence-corrected chi connectivity index (χ0v) is 34.6. The standard InChI is InChI=1S/C32H76N4O4Si4/c1-9-13-21-33-25-17-29-41(5)37-42(6,30-18-26-34-22-14-10-2)39-44(8,32-20-28-36-24-16-12-4)40-43(7,38-41)31-19-27-35-23-15-11-3/h33-36H,9-32H2,1-8H3. The highest BCUT2D eigenvalue weighted by Gasteiger charge is 2.56. The van der Waals surface area contributed by atoms with Crippen LogP contribution < -0.4 is 21.3 Å². The first-order valence-electron chi connectivity index (χ1n) is 18.7. The van der Waals surface area contributed by atoms with Gasteiger partial charge in [-0.05, 0) is 154 Å². The molecule has 4 N–H and O–H groups in total. The van der Waals surface area contributed by atoms with Gasteiger partial charge in [0.25, 0.3) is 0 Å². The van der Waals surface area contributed by atoms with Crippen LogP contribution in [0.15, 0.2) is 0 Å².